The Balaban J connectivity index is 2.80. The van der Waals surface area contributed by atoms with Gasteiger partial charge in [-0.15, -0.1) is 0 Å². The van der Waals surface area contributed by atoms with Gasteiger partial charge in [-0.1, -0.05) is 13.8 Å². The minimum absolute atomic E-state index is 0.0445. The quantitative estimate of drug-likeness (QED) is 0.555. The summed E-state index contributed by atoms with van der Waals surface area (Å²) in [5.74, 6) is 0.724. The van der Waals surface area contributed by atoms with E-state index < -0.39 is 0 Å². The summed E-state index contributed by atoms with van der Waals surface area (Å²) in [6, 6.07) is 0. The third kappa shape index (κ3) is 1.20. The summed E-state index contributed by atoms with van der Waals surface area (Å²) < 4.78 is 0. The first-order valence-electron chi connectivity index (χ1n) is 3.54. The second-order valence-electron chi connectivity index (χ2n) is 3.01. The molecule has 0 radical (unpaired) electrons. The van der Waals surface area contributed by atoms with Gasteiger partial charge in [0.05, 0.1) is 5.76 Å². The van der Waals surface area contributed by atoms with E-state index in [4.69, 9.17) is 5.11 Å². The molecule has 0 spiro atoms. The molecule has 0 aromatic carbocycles. The standard InChI is InChI=1S/C8H12O2/c1-5-3-7(9)4-8(10)6(5)2/h4-6,10H,3H2,1-2H3. The van der Waals surface area contributed by atoms with Crippen LogP contribution in [0, 0.1) is 11.8 Å². The van der Waals surface area contributed by atoms with Crippen molar-refractivity contribution in [2.75, 3.05) is 0 Å². The topological polar surface area (TPSA) is 37.3 Å². The third-order valence-corrected chi connectivity index (χ3v) is 2.15. The van der Waals surface area contributed by atoms with Crippen LogP contribution in [-0.2, 0) is 4.79 Å². The molecule has 1 aliphatic rings. The molecule has 2 heteroatoms. The van der Waals surface area contributed by atoms with E-state index in [1.54, 1.807) is 0 Å². The average Bonchev–Trinajstić information content (AvgIpc) is 1.82. The number of carbonyl (C=O) groups excluding carboxylic acids is 1. The van der Waals surface area contributed by atoms with Crippen LogP contribution in [0.3, 0.4) is 0 Å². The van der Waals surface area contributed by atoms with Crippen LogP contribution < -0.4 is 0 Å². The van der Waals surface area contributed by atoms with E-state index in [0.29, 0.717) is 6.42 Å². The molecule has 0 aromatic rings. The summed E-state index contributed by atoms with van der Waals surface area (Å²) in [6.45, 7) is 3.91. The van der Waals surface area contributed by atoms with E-state index in [-0.39, 0.29) is 23.4 Å². The number of carbonyl (C=O) groups is 1. The molecule has 0 fully saturated rings. The smallest absolute Gasteiger partial charge is 0.159 e. The van der Waals surface area contributed by atoms with Gasteiger partial charge in [-0.25, -0.2) is 0 Å². The number of allylic oxidation sites excluding steroid dienone is 2. The van der Waals surface area contributed by atoms with E-state index in [9.17, 15) is 4.79 Å². The predicted octanol–water partition coefficient (Wildman–Crippen LogP) is 1.67. The van der Waals surface area contributed by atoms with Crippen LogP contribution in [0.2, 0.25) is 0 Å². The normalized spacial score (nSPS) is 33.8. The summed E-state index contributed by atoms with van der Waals surface area (Å²) in [6.07, 6.45) is 1.91. The van der Waals surface area contributed by atoms with Crippen molar-refractivity contribution in [1.82, 2.24) is 0 Å². The Bertz CT molecular complexity index is 182. The molecule has 1 rings (SSSR count). The number of hydrogen-bond donors (Lipinski definition) is 1. The molecule has 0 aliphatic heterocycles. The van der Waals surface area contributed by atoms with Crippen LogP contribution in [0.25, 0.3) is 0 Å². The van der Waals surface area contributed by atoms with Gasteiger partial charge in [0, 0.05) is 18.4 Å². The molecule has 2 atom stereocenters. The summed E-state index contributed by atoms with van der Waals surface area (Å²) >= 11 is 0. The van der Waals surface area contributed by atoms with Crippen molar-refractivity contribution in [3.63, 3.8) is 0 Å². The first kappa shape index (κ1) is 7.32. The Kier molecular flexibility index (Phi) is 1.79. The van der Waals surface area contributed by atoms with Crippen molar-refractivity contribution >= 4 is 5.78 Å². The van der Waals surface area contributed by atoms with Crippen molar-refractivity contribution in [1.29, 1.82) is 0 Å². The van der Waals surface area contributed by atoms with Gasteiger partial charge in [0.15, 0.2) is 5.78 Å². The molecule has 2 nitrogen and oxygen atoms in total. The maximum absolute atomic E-state index is 10.8. The predicted molar refractivity (Wildman–Crippen MR) is 38.7 cm³/mol. The van der Waals surface area contributed by atoms with E-state index in [2.05, 4.69) is 0 Å². The molecule has 56 valence electrons. The zero-order chi connectivity index (χ0) is 7.72. The monoisotopic (exact) mass is 140 g/mol. The third-order valence-electron chi connectivity index (χ3n) is 2.15. The van der Waals surface area contributed by atoms with Crippen LogP contribution in [0.1, 0.15) is 20.3 Å². The maximum Gasteiger partial charge on any atom is 0.159 e. The summed E-state index contributed by atoms with van der Waals surface area (Å²) in [5.41, 5.74) is 0. The van der Waals surface area contributed by atoms with Crippen LogP contribution >= 0.6 is 0 Å². The zero-order valence-electron chi connectivity index (χ0n) is 6.29. The average molecular weight is 140 g/mol. The fourth-order valence-corrected chi connectivity index (χ4v) is 1.14. The largest absolute Gasteiger partial charge is 0.512 e. The van der Waals surface area contributed by atoms with Gasteiger partial charge in [-0.05, 0) is 5.92 Å². The number of aliphatic hydroxyl groups is 1. The molecule has 0 amide bonds. The highest BCUT2D eigenvalue weighted by Crippen LogP contribution is 2.25. The number of hydrogen-bond acceptors (Lipinski definition) is 2. The molecule has 1 N–H and O–H groups in total. The molecule has 2 unspecified atom stereocenters. The van der Waals surface area contributed by atoms with Crippen LogP contribution in [0.15, 0.2) is 11.8 Å². The van der Waals surface area contributed by atoms with Crippen molar-refractivity contribution in [3.05, 3.63) is 11.8 Å². The molecule has 1 aliphatic carbocycles. The lowest BCUT2D eigenvalue weighted by Gasteiger charge is -2.21. The Morgan fingerprint density at radius 3 is 2.70 bits per heavy atom. The lowest BCUT2D eigenvalue weighted by atomic mass is 9.85. The van der Waals surface area contributed by atoms with Crippen molar-refractivity contribution < 1.29 is 9.90 Å². The highest BCUT2D eigenvalue weighted by Gasteiger charge is 2.23. The second-order valence-corrected chi connectivity index (χ2v) is 3.01. The lowest BCUT2D eigenvalue weighted by Crippen LogP contribution is -2.20. The molecule has 0 bridgehead atoms. The fraction of sp³-hybridized carbons (Fsp3) is 0.625. The summed E-state index contributed by atoms with van der Waals surface area (Å²) in [4.78, 5) is 10.8. The van der Waals surface area contributed by atoms with Gasteiger partial charge in [-0.2, -0.15) is 0 Å². The van der Waals surface area contributed by atoms with Gasteiger partial charge in [0.2, 0.25) is 0 Å². The zero-order valence-corrected chi connectivity index (χ0v) is 6.29. The van der Waals surface area contributed by atoms with E-state index in [1.165, 1.54) is 6.08 Å². The van der Waals surface area contributed by atoms with Crippen molar-refractivity contribution in [2.45, 2.75) is 20.3 Å². The highest BCUT2D eigenvalue weighted by molar-refractivity contribution is 5.91. The van der Waals surface area contributed by atoms with Crippen LogP contribution in [0.4, 0.5) is 0 Å². The molecular formula is C8H12O2. The van der Waals surface area contributed by atoms with Gasteiger partial charge in [-0.3, -0.25) is 4.79 Å². The van der Waals surface area contributed by atoms with Crippen LogP contribution in [0.5, 0.6) is 0 Å². The Hall–Kier alpha value is -0.790. The van der Waals surface area contributed by atoms with Crippen molar-refractivity contribution in [2.24, 2.45) is 11.8 Å². The minimum Gasteiger partial charge on any atom is -0.512 e. The SMILES string of the molecule is CC1CC(=O)C=C(O)C1C. The van der Waals surface area contributed by atoms with E-state index in [1.807, 2.05) is 13.8 Å². The summed E-state index contributed by atoms with van der Waals surface area (Å²) in [5, 5.41) is 9.16. The van der Waals surface area contributed by atoms with Gasteiger partial charge < -0.3 is 5.11 Å². The number of ketones is 1. The molecule has 10 heavy (non-hydrogen) atoms. The van der Waals surface area contributed by atoms with Crippen molar-refractivity contribution in [3.8, 4) is 0 Å². The second kappa shape index (κ2) is 2.45. The fourth-order valence-electron chi connectivity index (χ4n) is 1.14. The lowest BCUT2D eigenvalue weighted by molar-refractivity contribution is -0.116. The van der Waals surface area contributed by atoms with Crippen LogP contribution in [-0.4, -0.2) is 10.9 Å². The Morgan fingerprint density at radius 2 is 2.20 bits per heavy atom. The van der Waals surface area contributed by atoms with Gasteiger partial charge in [0.1, 0.15) is 0 Å². The van der Waals surface area contributed by atoms with E-state index in [0.717, 1.165) is 0 Å². The summed E-state index contributed by atoms with van der Waals surface area (Å²) in [7, 11) is 0. The molecular weight excluding hydrogens is 128 g/mol. The molecule has 0 saturated heterocycles. The van der Waals surface area contributed by atoms with Gasteiger partial charge >= 0.3 is 0 Å². The Morgan fingerprint density at radius 1 is 1.60 bits per heavy atom. The maximum atomic E-state index is 10.8. The van der Waals surface area contributed by atoms with Gasteiger partial charge in [0.25, 0.3) is 0 Å². The van der Waals surface area contributed by atoms with E-state index >= 15 is 0 Å². The first-order chi connectivity index (χ1) is 4.61. The Labute approximate surface area is 60.6 Å². The number of rotatable bonds is 0. The first-order valence-corrected chi connectivity index (χ1v) is 3.54. The highest BCUT2D eigenvalue weighted by atomic mass is 16.3. The number of aliphatic hydroxyl groups excluding tert-OH is 1. The molecule has 0 aromatic heterocycles. The minimum atomic E-state index is 0.0445. The molecule has 0 saturated carbocycles. The molecule has 0 heterocycles.